The number of carbonyl (C=O) groups is 3. The molecule has 0 rings (SSSR count). The van der Waals surface area contributed by atoms with E-state index in [4.69, 9.17) is 10.8 Å². The van der Waals surface area contributed by atoms with Crippen molar-refractivity contribution in [3.05, 3.63) is 12.2 Å². The van der Waals surface area contributed by atoms with Crippen molar-refractivity contribution < 1.29 is 24.2 Å². The highest BCUT2D eigenvalue weighted by Gasteiger charge is 2.50. The average molecular weight is 257 g/mol. The quantitative estimate of drug-likeness (QED) is 0.391. The summed E-state index contributed by atoms with van der Waals surface area (Å²) in [6.45, 7) is 2.85. The molecule has 0 aliphatic rings. The van der Waals surface area contributed by atoms with Gasteiger partial charge < -0.3 is 15.6 Å². The molecule has 0 fully saturated rings. The monoisotopic (exact) mass is 257 g/mol. The zero-order valence-corrected chi connectivity index (χ0v) is 10.8. The molecule has 2 atom stereocenters. The normalized spacial score (nSPS) is 16.0. The van der Waals surface area contributed by atoms with Crippen LogP contribution in [0.4, 0.5) is 0 Å². The highest BCUT2D eigenvalue weighted by molar-refractivity contribution is 6.21. The molecule has 0 aliphatic heterocycles. The number of methoxy groups -OCH3 is 1. The molecule has 0 heterocycles. The van der Waals surface area contributed by atoms with E-state index in [9.17, 15) is 14.4 Å². The minimum atomic E-state index is -2.26. The Kier molecular flexibility index (Phi) is 6.26. The molecule has 0 aliphatic carbocycles. The van der Waals surface area contributed by atoms with Gasteiger partial charge in [-0.15, -0.1) is 0 Å². The van der Waals surface area contributed by atoms with Gasteiger partial charge in [0.25, 0.3) is 0 Å². The maximum Gasteiger partial charge on any atom is 0.334 e. The summed E-state index contributed by atoms with van der Waals surface area (Å²) < 4.78 is 4.40. The molecule has 3 N–H and O–H groups in total. The number of carbonyl (C=O) groups excluding carboxylic acids is 2. The van der Waals surface area contributed by atoms with Crippen LogP contribution in [0.15, 0.2) is 12.2 Å². The van der Waals surface area contributed by atoms with Crippen molar-refractivity contribution in [2.75, 3.05) is 7.11 Å². The van der Waals surface area contributed by atoms with Gasteiger partial charge in [0.15, 0.2) is 5.78 Å². The zero-order valence-electron chi connectivity index (χ0n) is 10.8. The number of hydrogen-bond donors (Lipinski definition) is 2. The molecule has 0 aromatic heterocycles. The Bertz CT molecular complexity index is 345. The Balaban J connectivity index is 5.15. The number of carboxylic acids is 1. The molecular formula is C12H19NO5. The van der Waals surface area contributed by atoms with E-state index in [1.807, 2.05) is 6.92 Å². The van der Waals surface area contributed by atoms with Crippen molar-refractivity contribution in [2.24, 2.45) is 11.1 Å². The van der Waals surface area contributed by atoms with Crippen molar-refractivity contribution in [1.29, 1.82) is 0 Å². The number of hydrogen-bond acceptors (Lipinski definition) is 5. The van der Waals surface area contributed by atoms with Crippen LogP contribution in [-0.2, 0) is 19.1 Å². The predicted molar refractivity (Wildman–Crippen MR) is 64.8 cm³/mol. The molecule has 102 valence electrons. The number of esters is 1. The molecule has 0 bridgehead atoms. The van der Waals surface area contributed by atoms with E-state index in [0.717, 1.165) is 20.1 Å². The lowest BCUT2D eigenvalue weighted by Gasteiger charge is -2.19. The van der Waals surface area contributed by atoms with Crippen LogP contribution in [0, 0.1) is 5.41 Å². The summed E-state index contributed by atoms with van der Waals surface area (Å²) in [6.07, 6.45) is 3.66. The van der Waals surface area contributed by atoms with Gasteiger partial charge in [0.2, 0.25) is 5.41 Å². The lowest BCUT2D eigenvalue weighted by molar-refractivity contribution is -0.165. The van der Waals surface area contributed by atoms with Crippen LogP contribution in [0.2, 0.25) is 0 Å². The van der Waals surface area contributed by atoms with Gasteiger partial charge in [0.05, 0.1) is 7.11 Å². The van der Waals surface area contributed by atoms with E-state index in [-0.39, 0.29) is 6.04 Å². The molecule has 6 heteroatoms. The molecule has 2 unspecified atom stereocenters. The Morgan fingerprint density at radius 2 is 2.00 bits per heavy atom. The lowest BCUT2D eigenvalue weighted by atomic mass is 9.83. The first-order chi connectivity index (χ1) is 8.28. The standard InChI is InChI=1S/C12H19NO5/c1-8(13)6-4-5-7-12(9(2)14,10(15)16)11(17)18-3/h5,7-8H,4,6,13H2,1-3H3,(H,15,16)/b7-5+. The second-order valence-corrected chi connectivity index (χ2v) is 4.12. The molecule has 0 spiro atoms. The van der Waals surface area contributed by atoms with Gasteiger partial charge >= 0.3 is 11.9 Å². The number of allylic oxidation sites excluding steroid dienone is 1. The molecule has 0 saturated carbocycles. The lowest BCUT2D eigenvalue weighted by Crippen LogP contribution is -2.44. The van der Waals surface area contributed by atoms with E-state index in [1.165, 1.54) is 6.08 Å². The number of ketones is 1. The van der Waals surface area contributed by atoms with E-state index < -0.39 is 23.1 Å². The van der Waals surface area contributed by atoms with Crippen LogP contribution in [0.1, 0.15) is 26.7 Å². The smallest absolute Gasteiger partial charge is 0.334 e. The van der Waals surface area contributed by atoms with Crippen LogP contribution in [0.25, 0.3) is 0 Å². The Morgan fingerprint density at radius 1 is 1.44 bits per heavy atom. The second-order valence-electron chi connectivity index (χ2n) is 4.12. The minimum absolute atomic E-state index is 0.0377. The van der Waals surface area contributed by atoms with Crippen molar-refractivity contribution in [3.8, 4) is 0 Å². The maximum absolute atomic E-state index is 11.5. The molecule has 6 nitrogen and oxygen atoms in total. The largest absolute Gasteiger partial charge is 0.480 e. The first-order valence-electron chi connectivity index (χ1n) is 5.55. The summed E-state index contributed by atoms with van der Waals surface area (Å²) in [6, 6.07) is -0.0377. The second kappa shape index (κ2) is 6.90. The number of carboxylic acid groups (broad SMARTS) is 1. The fourth-order valence-corrected chi connectivity index (χ4v) is 1.42. The summed E-state index contributed by atoms with van der Waals surface area (Å²) in [5, 5.41) is 9.11. The number of ether oxygens (including phenoxy) is 1. The van der Waals surface area contributed by atoms with Crippen molar-refractivity contribution in [1.82, 2.24) is 0 Å². The molecule has 0 amide bonds. The Labute approximate surface area is 106 Å². The average Bonchev–Trinajstić information content (AvgIpc) is 2.27. The van der Waals surface area contributed by atoms with Crippen LogP contribution in [0.3, 0.4) is 0 Å². The summed E-state index contributed by atoms with van der Waals surface area (Å²) in [4.78, 5) is 34.2. The maximum atomic E-state index is 11.5. The first-order valence-corrected chi connectivity index (χ1v) is 5.55. The third-order valence-electron chi connectivity index (χ3n) is 2.56. The fraction of sp³-hybridized carbons (Fsp3) is 0.583. The van der Waals surface area contributed by atoms with Crippen LogP contribution in [-0.4, -0.2) is 36.0 Å². The number of aliphatic carboxylic acids is 1. The molecule has 0 saturated heterocycles. The van der Waals surface area contributed by atoms with E-state index >= 15 is 0 Å². The summed E-state index contributed by atoms with van der Waals surface area (Å²) >= 11 is 0. The zero-order chi connectivity index (χ0) is 14.3. The van der Waals surface area contributed by atoms with Gasteiger partial charge in [-0.2, -0.15) is 0 Å². The topological polar surface area (TPSA) is 107 Å². The van der Waals surface area contributed by atoms with Crippen LogP contribution >= 0.6 is 0 Å². The minimum Gasteiger partial charge on any atom is -0.480 e. The summed E-state index contributed by atoms with van der Waals surface area (Å²) in [5.41, 5.74) is 3.28. The third-order valence-corrected chi connectivity index (χ3v) is 2.56. The summed E-state index contributed by atoms with van der Waals surface area (Å²) in [5.74, 6) is -3.43. The number of rotatable bonds is 7. The third kappa shape index (κ3) is 3.66. The van der Waals surface area contributed by atoms with Gasteiger partial charge in [-0.3, -0.25) is 14.4 Å². The van der Waals surface area contributed by atoms with Gasteiger partial charge in [-0.25, -0.2) is 0 Å². The van der Waals surface area contributed by atoms with Gasteiger partial charge in [-0.05, 0) is 26.7 Å². The Hall–Kier alpha value is -1.69. The number of Topliss-reactive ketones (excluding diaryl/α,β-unsaturated/α-hetero) is 1. The van der Waals surface area contributed by atoms with E-state index in [0.29, 0.717) is 12.8 Å². The Morgan fingerprint density at radius 3 is 2.33 bits per heavy atom. The highest BCUT2D eigenvalue weighted by Crippen LogP contribution is 2.24. The van der Waals surface area contributed by atoms with Crippen molar-refractivity contribution in [2.45, 2.75) is 32.7 Å². The molecule has 0 aromatic rings. The molecule has 0 radical (unpaired) electrons. The predicted octanol–water partition coefficient (Wildman–Crippen LogP) is 0.503. The fourth-order valence-electron chi connectivity index (χ4n) is 1.42. The van der Waals surface area contributed by atoms with Gasteiger partial charge in [0.1, 0.15) is 0 Å². The SMILES string of the molecule is COC(=O)C(/C=C/CCC(C)N)(C(C)=O)C(=O)O. The van der Waals surface area contributed by atoms with E-state index in [2.05, 4.69) is 4.74 Å². The molecule has 0 aromatic carbocycles. The van der Waals surface area contributed by atoms with Crippen molar-refractivity contribution >= 4 is 17.7 Å². The first kappa shape index (κ1) is 16.3. The molecular weight excluding hydrogens is 238 g/mol. The molecule has 18 heavy (non-hydrogen) atoms. The van der Waals surface area contributed by atoms with Crippen molar-refractivity contribution in [3.63, 3.8) is 0 Å². The summed E-state index contributed by atoms with van der Waals surface area (Å²) in [7, 11) is 1.04. The van der Waals surface area contributed by atoms with Crippen LogP contribution in [0.5, 0.6) is 0 Å². The van der Waals surface area contributed by atoms with Gasteiger partial charge in [-0.1, -0.05) is 12.2 Å². The van der Waals surface area contributed by atoms with Gasteiger partial charge in [0, 0.05) is 6.04 Å². The van der Waals surface area contributed by atoms with Crippen LogP contribution < -0.4 is 5.73 Å². The van der Waals surface area contributed by atoms with E-state index in [1.54, 1.807) is 0 Å². The highest BCUT2D eigenvalue weighted by atomic mass is 16.5. The number of nitrogens with two attached hydrogens (primary N) is 1.